The van der Waals surface area contributed by atoms with Crippen LogP contribution in [0.15, 0.2) is 24.3 Å². The molecule has 0 spiro atoms. The fourth-order valence-corrected chi connectivity index (χ4v) is 2.95. The molecule has 2 aliphatic rings. The average molecular weight is 203 g/mol. The molecule has 1 aliphatic heterocycles. The highest BCUT2D eigenvalue weighted by Gasteiger charge is 2.35. The zero-order valence-electron chi connectivity index (χ0n) is 8.89. The van der Waals surface area contributed by atoms with Gasteiger partial charge < -0.3 is 5.11 Å². The number of hydrogen-bond donors (Lipinski definition) is 1. The molecule has 15 heavy (non-hydrogen) atoms. The molecule has 1 aliphatic carbocycles. The highest BCUT2D eigenvalue weighted by molar-refractivity contribution is 5.35. The Labute approximate surface area is 90.5 Å². The molecule has 0 aromatic heterocycles. The Morgan fingerprint density at radius 1 is 1.13 bits per heavy atom. The lowest BCUT2D eigenvalue weighted by atomic mass is 10.1. The van der Waals surface area contributed by atoms with Gasteiger partial charge in [-0.3, -0.25) is 4.90 Å². The van der Waals surface area contributed by atoms with Gasteiger partial charge in [0, 0.05) is 6.04 Å². The zero-order valence-corrected chi connectivity index (χ0v) is 8.89. The third kappa shape index (κ3) is 1.48. The van der Waals surface area contributed by atoms with E-state index in [2.05, 4.69) is 23.1 Å². The smallest absolute Gasteiger partial charge is 0.0951 e. The van der Waals surface area contributed by atoms with Gasteiger partial charge in [-0.2, -0.15) is 0 Å². The summed E-state index contributed by atoms with van der Waals surface area (Å²) >= 11 is 0. The molecule has 80 valence electrons. The number of fused-ring (bicyclic) bond motifs is 1. The van der Waals surface area contributed by atoms with Crippen molar-refractivity contribution in [2.24, 2.45) is 0 Å². The van der Waals surface area contributed by atoms with E-state index in [1.807, 2.05) is 6.07 Å². The minimum atomic E-state index is -0.265. The third-order valence-corrected chi connectivity index (χ3v) is 3.78. The molecule has 0 amide bonds. The summed E-state index contributed by atoms with van der Waals surface area (Å²) in [6.45, 7) is 2.32. The van der Waals surface area contributed by atoms with Crippen LogP contribution in [0.1, 0.15) is 30.1 Å². The van der Waals surface area contributed by atoms with E-state index in [9.17, 15) is 5.11 Å². The quantitative estimate of drug-likeness (QED) is 0.751. The van der Waals surface area contributed by atoms with Gasteiger partial charge in [0.05, 0.1) is 6.10 Å². The SMILES string of the molecule is O[C@@H]1c2ccccc2C[C@@H]1N1CCCC1. The van der Waals surface area contributed by atoms with Crippen molar-refractivity contribution < 1.29 is 5.11 Å². The first-order valence-corrected chi connectivity index (χ1v) is 5.86. The van der Waals surface area contributed by atoms with Crippen LogP contribution in [0.25, 0.3) is 0 Å². The van der Waals surface area contributed by atoms with Crippen LogP contribution in [0.2, 0.25) is 0 Å². The summed E-state index contributed by atoms with van der Waals surface area (Å²) in [5.41, 5.74) is 2.48. The molecule has 1 aromatic carbocycles. The Morgan fingerprint density at radius 2 is 1.87 bits per heavy atom. The highest BCUT2D eigenvalue weighted by Crippen LogP contribution is 2.35. The number of aliphatic hydroxyl groups is 1. The van der Waals surface area contributed by atoms with E-state index in [0.717, 1.165) is 25.1 Å². The van der Waals surface area contributed by atoms with Gasteiger partial charge in [-0.05, 0) is 43.5 Å². The predicted octanol–water partition coefficient (Wildman–Crippen LogP) is 1.74. The normalized spacial score (nSPS) is 30.7. The molecule has 1 heterocycles. The van der Waals surface area contributed by atoms with Crippen LogP contribution in [0.4, 0.5) is 0 Å². The van der Waals surface area contributed by atoms with E-state index in [0.29, 0.717) is 6.04 Å². The predicted molar refractivity (Wildman–Crippen MR) is 59.7 cm³/mol. The van der Waals surface area contributed by atoms with Crippen molar-refractivity contribution in [1.82, 2.24) is 4.90 Å². The lowest BCUT2D eigenvalue weighted by Crippen LogP contribution is -2.35. The molecule has 1 aromatic rings. The van der Waals surface area contributed by atoms with Crippen LogP contribution in [-0.4, -0.2) is 29.1 Å². The summed E-state index contributed by atoms with van der Waals surface area (Å²) in [7, 11) is 0. The second-order valence-corrected chi connectivity index (χ2v) is 4.66. The number of hydrogen-bond acceptors (Lipinski definition) is 2. The number of aliphatic hydroxyl groups excluding tert-OH is 1. The van der Waals surface area contributed by atoms with Gasteiger partial charge in [-0.25, -0.2) is 0 Å². The van der Waals surface area contributed by atoms with E-state index in [1.54, 1.807) is 0 Å². The first-order valence-electron chi connectivity index (χ1n) is 5.86. The molecule has 2 nitrogen and oxygen atoms in total. The van der Waals surface area contributed by atoms with Crippen LogP contribution in [0.3, 0.4) is 0 Å². The van der Waals surface area contributed by atoms with Gasteiger partial charge in [-0.15, -0.1) is 0 Å². The molecule has 1 N–H and O–H groups in total. The average Bonchev–Trinajstić information content (AvgIpc) is 2.87. The molecule has 0 saturated carbocycles. The second-order valence-electron chi connectivity index (χ2n) is 4.66. The monoisotopic (exact) mass is 203 g/mol. The van der Waals surface area contributed by atoms with Gasteiger partial charge in [0.25, 0.3) is 0 Å². The number of likely N-dealkylation sites (tertiary alicyclic amines) is 1. The van der Waals surface area contributed by atoms with E-state index >= 15 is 0 Å². The maximum absolute atomic E-state index is 10.3. The minimum absolute atomic E-state index is 0.265. The van der Waals surface area contributed by atoms with Gasteiger partial charge in [-0.1, -0.05) is 24.3 Å². The molecule has 3 rings (SSSR count). The number of benzene rings is 1. The summed E-state index contributed by atoms with van der Waals surface area (Å²) in [6, 6.07) is 8.64. The maximum Gasteiger partial charge on any atom is 0.0951 e. The Hall–Kier alpha value is -0.860. The third-order valence-electron chi connectivity index (χ3n) is 3.78. The van der Waals surface area contributed by atoms with Crippen LogP contribution in [-0.2, 0) is 6.42 Å². The van der Waals surface area contributed by atoms with Crippen molar-refractivity contribution in [3.8, 4) is 0 Å². The summed E-state index contributed by atoms with van der Waals surface area (Å²) in [5, 5.41) is 10.3. The van der Waals surface area contributed by atoms with E-state index in [4.69, 9.17) is 0 Å². The van der Waals surface area contributed by atoms with Crippen molar-refractivity contribution in [1.29, 1.82) is 0 Å². The highest BCUT2D eigenvalue weighted by atomic mass is 16.3. The van der Waals surface area contributed by atoms with Crippen LogP contribution >= 0.6 is 0 Å². The second kappa shape index (κ2) is 3.62. The molecule has 2 atom stereocenters. The summed E-state index contributed by atoms with van der Waals surface area (Å²) in [6.07, 6.45) is 3.34. The van der Waals surface area contributed by atoms with E-state index < -0.39 is 0 Å². The van der Waals surface area contributed by atoms with Crippen molar-refractivity contribution >= 4 is 0 Å². The number of rotatable bonds is 1. The van der Waals surface area contributed by atoms with Gasteiger partial charge in [0.2, 0.25) is 0 Å². The van der Waals surface area contributed by atoms with Gasteiger partial charge in [0.1, 0.15) is 0 Å². The molecule has 1 saturated heterocycles. The van der Waals surface area contributed by atoms with E-state index in [1.165, 1.54) is 18.4 Å². The first-order chi connectivity index (χ1) is 7.36. The summed E-state index contributed by atoms with van der Waals surface area (Å²) in [5.74, 6) is 0. The Bertz CT molecular complexity index is 357. The van der Waals surface area contributed by atoms with Crippen molar-refractivity contribution in [3.63, 3.8) is 0 Å². The van der Waals surface area contributed by atoms with Crippen LogP contribution in [0.5, 0.6) is 0 Å². The summed E-state index contributed by atoms with van der Waals surface area (Å²) < 4.78 is 0. The van der Waals surface area contributed by atoms with Crippen LogP contribution < -0.4 is 0 Å². The lowest BCUT2D eigenvalue weighted by molar-refractivity contribution is 0.0750. The Morgan fingerprint density at radius 3 is 2.60 bits per heavy atom. The molecular weight excluding hydrogens is 186 g/mol. The maximum atomic E-state index is 10.3. The van der Waals surface area contributed by atoms with Gasteiger partial charge >= 0.3 is 0 Å². The summed E-state index contributed by atoms with van der Waals surface area (Å²) in [4.78, 5) is 2.45. The topological polar surface area (TPSA) is 23.5 Å². The molecule has 1 fully saturated rings. The first kappa shape index (κ1) is 9.37. The molecule has 0 bridgehead atoms. The molecule has 2 heteroatoms. The van der Waals surface area contributed by atoms with E-state index in [-0.39, 0.29) is 6.10 Å². The number of nitrogens with zero attached hydrogens (tertiary/aromatic N) is 1. The van der Waals surface area contributed by atoms with Crippen LogP contribution in [0, 0.1) is 0 Å². The minimum Gasteiger partial charge on any atom is -0.387 e. The Kier molecular flexibility index (Phi) is 2.26. The lowest BCUT2D eigenvalue weighted by Gasteiger charge is -2.26. The fraction of sp³-hybridized carbons (Fsp3) is 0.538. The Balaban J connectivity index is 1.86. The van der Waals surface area contributed by atoms with Gasteiger partial charge in [0.15, 0.2) is 0 Å². The molecular formula is C13H17NO. The fourth-order valence-electron chi connectivity index (χ4n) is 2.95. The molecule has 0 unspecified atom stereocenters. The zero-order chi connectivity index (χ0) is 10.3. The largest absolute Gasteiger partial charge is 0.387 e. The van der Waals surface area contributed by atoms with Crippen molar-refractivity contribution in [2.45, 2.75) is 31.4 Å². The van der Waals surface area contributed by atoms with Crippen molar-refractivity contribution in [2.75, 3.05) is 13.1 Å². The molecule has 0 radical (unpaired) electrons. The standard InChI is InChI=1S/C13H17NO/c15-13-11-6-2-1-5-10(11)9-12(13)14-7-3-4-8-14/h1-2,5-6,12-13,15H,3-4,7-9H2/t12-,13+/m0/s1. The van der Waals surface area contributed by atoms with Crippen molar-refractivity contribution in [3.05, 3.63) is 35.4 Å².